The van der Waals surface area contributed by atoms with Crippen LogP contribution < -0.4 is 11.1 Å². The number of carbonyl (C=O) groups excluding carboxylic acids is 1. The highest BCUT2D eigenvalue weighted by Gasteiger charge is 2.26. The predicted octanol–water partition coefficient (Wildman–Crippen LogP) is 1.19. The Bertz CT molecular complexity index is 213. The van der Waals surface area contributed by atoms with Gasteiger partial charge in [-0.3, -0.25) is 4.79 Å². The number of hydrogen-bond acceptors (Lipinski definition) is 3. The molecule has 0 saturated heterocycles. The molecule has 0 aliphatic heterocycles. The van der Waals surface area contributed by atoms with Crippen LogP contribution in [-0.4, -0.2) is 31.7 Å². The van der Waals surface area contributed by atoms with E-state index in [2.05, 4.69) is 5.32 Å². The van der Waals surface area contributed by atoms with E-state index >= 15 is 0 Å². The average Bonchev–Trinajstić information content (AvgIpc) is 2.26. The van der Waals surface area contributed by atoms with E-state index in [1.165, 1.54) is 26.4 Å². The van der Waals surface area contributed by atoms with Crippen LogP contribution in [0.25, 0.3) is 0 Å². The van der Waals surface area contributed by atoms with Gasteiger partial charge in [0.15, 0.2) is 0 Å². The van der Waals surface area contributed by atoms with Crippen LogP contribution in [0.2, 0.25) is 0 Å². The number of amides is 1. The van der Waals surface area contributed by atoms with Crippen LogP contribution in [0.5, 0.6) is 0 Å². The molecule has 1 saturated carbocycles. The second-order valence-electron chi connectivity index (χ2n) is 4.81. The number of rotatable bonds is 6. The van der Waals surface area contributed by atoms with Crippen LogP contribution in [0.1, 0.15) is 44.9 Å². The Balaban J connectivity index is 2.07. The first-order valence-electron chi connectivity index (χ1n) is 6.21. The number of nitrogens with one attached hydrogen (secondary N) is 1. The van der Waals surface area contributed by atoms with Crippen LogP contribution in [0.15, 0.2) is 0 Å². The summed E-state index contributed by atoms with van der Waals surface area (Å²) in [5.41, 5.74) is 6.33. The molecule has 0 radical (unpaired) electrons. The van der Waals surface area contributed by atoms with E-state index in [4.69, 9.17) is 10.5 Å². The summed E-state index contributed by atoms with van der Waals surface area (Å²) in [6, 6.07) is 0. The standard InChI is InChI=1S/C12H24N2O2/c1-16-10-11(15)14-9-5-8-12(13)6-3-2-4-7-12/h2-10,13H2,1H3,(H,14,15). The van der Waals surface area contributed by atoms with Crippen molar-refractivity contribution < 1.29 is 9.53 Å². The van der Waals surface area contributed by atoms with E-state index in [0.717, 1.165) is 25.7 Å². The molecular formula is C12H24N2O2. The van der Waals surface area contributed by atoms with Crippen molar-refractivity contribution in [1.29, 1.82) is 0 Å². The Morgan fingerprint density at radius 2 is 2.06 bits per heavy atom. The zero-order valence-corrected chi connectivity index (χ0v) is 10.3. The molecule has 4 heteroatoms. The summed E-state index contributed by atoms with van der Waals surface area (Å²) >= 11 is 0. The van der Waals surface area contributed by atoms with Crippen LogP contribution in [0.3, 0.4) is 0 Å². The van der Waals surface area contributed by atoms with Crippen molar-refractivity contribution >= 4 is 5.91 Å². The smallest absolute Gasteiger partial charge is 0.245 e. The van der Waals surface area contributed by atoms with Gasteiger partial charge in [0.25, 0.3) is 0 Å². The van der Waals surface area contributed by atoms with Crippen molar-refractivity contribution in [2.45, 2.75) is 50.5 Å². The first-order valence-corrected chi connectivity index (χ1v) is 6.21. The summed E-state index contributed by atoms with van der Waals surface area (Å²) in [7, 11) is 1.52. The summed E-state index contributed by atoms with van der Waals surface area (Å²) in [6.07, 6.45) is 8.09. The second kappa shape index (κ2) is 6.86. The molecule has 0 spiro atoms. The van der Waals surface area contributed by atoms with Crippen LogP contribution in [0.4, 0.5) is 0 Å². The molecule has 0 aromatic rings. The van der Waals surface area contributed by atoms with Gasteiger partial charge in [-0.2, -0.15) is 0 Å². The number of nitrogens with two attached hydrogens (primary N) is 1. The van der Waals surface area contributed by atoms with Gasteiger partial charge < -0.3 is 15.8 Å². The van der Waals surface area contributed by atoms with Gasteiger partial charge in [-0.15, -0.1) is 0 Å². The van der Waals surface area contributed by atoms with E-state index in [1.807, 2.05) is 0 Å². The Morgan fingerprint density at radius 3 is 2.69 bits per heavy atom. The third-order valence-electron chi connectivity index (χ3n) is 3.30. The minimum Gasteiger partial charge on any atom is -0.375 e. The molecule has 3 N–H and O–H groups in total. The van der Waals surface area contributed by atoms with E-state index < -0.39 is 0 Å². The monoisotopic (exact) mass is 228 g/mol. The Labute approximate surface area is 97.9 Å². The van der Waals surface area contributed by atoms with Crippen molar-refractivity contribution in [2.24, 2.45) is 5.73 Å². The van der Waals surface area contributed by atoms with E-state index in [-0.39, 0.29) is 18.1 Å². The van der Waals surface area contributed by atoms with Gasteiger partial charge in [-0.25, -0.2) is 0 Å². The predicted molar refractivity (Wildman–Crippen MR) is 64.1 cm³/mol. The molecule has 0 heterocycles. The van der Waals surface area contributed by atoms with Crippen molar-refractivity contribution in [3.8, 4) is 0 Å². The first kappa shape index (κ1) is 13.5. The molecule has 94 valence electrons. The third-order valence-corrected chi connectivity index (χ3v) is 3.30. The normalized spacial score (nSPS) is 19.4. The number of ether oxygens (including phenoxy) is 1. The molecule has 0 unspecified atom stereocenters. The molecule has 0 bridgehead atoms. The maximum absolute atomic E-state index is 11.1. The first-order chi connectivity index (χ1) is 7.66. The molecule has 0 atom stereocenters. The summed E-state index contributed by atoms with van der Waals surface area (Å²) < 4.78 is 4.73. The number of methoxy groups -OCH3 is 1. The van der Waals surface area contributed by atoms with Crippen LogP contribution in [0, 0.1) is 0 Å². The fourth-order valence-corrected chi connectivity index (χ4v) is 2.36. The van der Waals surface area contributed by atoms with Crippen molar-refractivity contribution in [1.82, 2.24) is 5.32 Å². The molecule has 1 aliphatic rings. The molecule has 1 aliphatic carbocycles. The van der Waals surface area contributed by atoms with Gasteiger partial charge in [-0.1, -0.05) is 19.3 Å². The molecular weight excluding hydrogens is 204 g/mol. The Hall–Kier alpha value is -0.610. The topological polar surface area (TPSA) is 64.3 Å². The van der Waals surface area contributed by atoms with Crippen LogP contribution in [-0.2, 0) is 9.53 Å². The zero-order chi connectivity index (χ0) is 11.9. The lowest BCUT2D eigenvalue weighted by atomic mass is 9.79. The van der Waals surface area contributed by atoms with Gasteiger partial charge in [0.05, 0.1) is 0 Å². The molecule has 1 rings (SSSR count). The lowest BCUT2D eigenvalue weighted by Gasteiger charge is -2.33. The van der Waals surface area contributed by atoms with Crippen molar-refractivity contribution in [3.05, 3.63) is 0 Å². The molecule has 16 heavy (non-hydrogen) atoms. The summed E-state index contributed by atoms with van der Waals surface area (Å²) in [5.74, 6) is -0.0442. The molecule has 1 fully saturated rings. The number of carbonyl (C=O) groups is 1. The minimum atomic E-state index is -0.0442. The third kappa shape index (κ3) is 4.94. The lowest BCUT2D eigenvalue weighted by molar-refractivity contribution is -0.124. The maximum Gasteiger partial charge on any atom is 0.245 e. The molecule has 0 aromatic heterocycles. The quantitative estimate of drug-likeness (QED) is 0.671. The van der Waals surface area contributed by atoms with Gasteiger partial charge >= 0.3 is 0 Å². The maximum atomic E-state index is 11.1. The van der Waals surface area contributed by atoms with Gasteiger partial charge in [0, 0.05) is 19.2 Å². The van der Waals surface area contributed by atoms with Crippen LogP contribution >= 0.6 is 0 Å². The highest BCUT2D eigenvalue weighted by atomic mass is 16.5. The van der Waals surface area contributed by atoms with Crippen molar-refractivity contribution in [3.63, 3.8) is 0 Å². The Kier molecular flexibility index (Phi) is 5.77. The lowest BCUT2D eigenvalue weighted by Crippen LogP contribution is -2.42. The summed E-state index contributed by atoms with van der Waals surface area (Å²) in [5, 5.41) is 2.82. The SMILES string of the molecule is COCC(=O)NCCCC1(N)CCCCC1. The molecule has 1 amide bonds. The highest BCUT2D eigenvalue weighted by Crippen LogP contribution is 2.29. The fraction of sp³-hybridized carbons (Fsp3) is 0.917. The summed E-state index contributed by atoms with van der Waals surface area (Å²) in [4.78, 5) is 11.1. The highest BCUT2D eigenvalue weighted by molar-refractivity contribution is 5.77. The fourth-order valence-electron chi connectivity index (χ4n) is 2.36. The zero-order valence-electron chi connectivity index (χ0n) is 10.3. The van der Waals surface area contributed by atoms with E-state index in [0.29, 0.717) is 6.54 Å². The van der Waals surface area contributed by atoms with Crippen molar-refractivity contribution in [2.75, 3.05) is 20.3 Å². The van der Waals surface area contributed by atoms with Gasteiger partial charge in [0.1, 0.15) is 6.61 Å². The largest absolute Gasteiger partial charge is 0.375 e. The average molecular weight is 228 g/mol. The van der Waals surface area contributed by atoms with E-state index in [9.17, 15) is 4.79 Å². The number of hydrogen-bond donors (Lipinski definition) is 2. The van der Waals surface area contributed by atoms with Gasteiger partial charge in [-0.05, 0) is 25.7 Å². The molecule has 0 aromatic carbocycles. The Morgan fingerprint density at radius 1 is 1.38 bits per heavy atom. The van der Waals surface area contributed by atoms with E-state index in [1.54, 1.807) is 0 Å². The summed E-state index contributed by atoms with van der Waals surface area (Å²) in [6.45, 7) is 0.856. The second-order valence-corrected chi connectivity index (χ2v) is 4.81. The minimum absolute atomic E-state index is 0.0320. The van der Waals surface area contributed by atoms with Gasteiger partial charge in [0.2, 0.25) is 5.91 Å². The molecule has 4 nitrogen and oxygen atoms in total.